The highest BCUT2D eigenvalue weighted by molar-refractivity contribution is 7.89. The lowest BCUT2D eigenvalue weighted by atomic mass is 10.1. The largest absolute Gasteiger partial charge is 0.377 e. The molecule has 2 aliphatic heterocycles. The highest BCUT2D eigenvalue weighted by Crippen LogP contribution is 2.20. The van der Waals surface area contributed by atoms with Crippen molar-refractivity contribution in [2.24, 2.45) is 0 Å². The van der Waals surface area contributed by atoms with Gasteiger partial charge in [-0.2, -0.15) is 4.31 Å². The van der Waals surface area contributed by atoms with E-state index in [0.29, 0.717) is 13.2 Å². The number of hydrogen-bond donors (Lipinski definition) is 1. The van der Waals surface area contributed by atoms with Gasteiger partial charge in [-0.1, -0.05) is 6.92 Å². The molecule has 0 bridgehead atoms. The van der Waals surface area contributed by atoms with Crippen LogP contribution in [-0.2, 0) is 14.8 Å². The Kier molecular flexibility index (Phi) is 5.62. The molecule has 19 heavy (non-hydrogen) atoms. The molecule has 0 aromatic carbocycles. The van der Waals surface area contributed by atoms with Crippen LogP contribution < -0.4 is 5.32 Å². The first kappa shape index (κ1) is 15.2. The summed E-state index contributed by atoms with van der Waals surface area (Å²) >= 11 is 0. The monoisotopic (exact) mass is 290 g/mol. The second-order valence-corrected chi connectivity index (χ2v) is 7.49. The lowest BCUT2D eigenvalue weighted by molar-refractivity contribution is 0.0297. The van der Waals surface area contributed by atoms with Crippen LogP contribution in [0.2, 0.25) is 0 Å². The lowest BCUT2D eigenvalue weighted by Crippen LogP contribution is -2.45. The normalized spacial score (nSPS) is 28.9. The van der Waals surface area contributed by atoms with Gasteiger partial charge < -0.3 is 10.1 Å². The lowest BCUT2D eigenvalue weighted by Gasteiger charge is -2.30. The maximum absolute atomic E-state index is 12.6. The molecule has 0 amide bonds. The molecule has 2 unspecified atom stereocenters. The molecule has 0 spiro atoms. The Morgan fingerprint density at radius 1 is 1.32 bits per heavy atom. The van der Waals surface area contributed by atoms with E-state index in [9.17, 15) is 8.42 Å². The molecular formula is C13H26N2O3S. The van der Waals surface area contributed by atoms with Crippen LogP contribution in [-0.4, -0.2) is 56.9 Å². The zero-order valence-electron chi connectivity index (χ0n) is 11.8. The summed E-state index contributed by atoms with van der Waals surface area (Å²) in [5.41, 5.74) is 0. The van der Waals surface area contributed by atoms with E-state index in [1.807, 2.05) is 6.92 Å². The molecule has 6 heteroatoms. The maximum atomic E-state index is 12.6. The van der Waals surface area contributed by atoms with Crippen molar-refractivity contribution in [2.75, 3.05) is 32.0 Å². The van der Waals surface area contributed by atoms with Crippen molar-refractivity contribution >= 4 is 10.0 Å². The summed E-state index contributed by atoms with van der Waals surface area (Å²) in [5.74, 6) is 0.156. The molecule has 2 rings (SSSR count). The van der Waals surface area contributed by atoms with Gasteiger partial charge in [-0.15, -0.1) is 0 Å². The summed E-state index contributed by atoms with van der Waals surface area (Å²) in [6.45, 7) is 5.06. The number of hydrogen-bond acceptors (Lipinski definition) is 4. The van der Waals surface area contributed by atoms with Crippen LogP contribution in [0.1, 0.15) is 39.0 Å². The number of ether oxygens (including phenoxy) is 1. The number of sulfonamides is 1. The summed E-state index contributed by atoms with van der Waals surface area (Å²) in [6, 6.07) is 0.133. The van der Waals surface area contributed by atoms with Gasteiger partial charge in [-0.25, -0.2) is 8.42 Å². The van der Waals surface area contributed by atoms with Gasteiger partial charge in [0.2, 0.25) is 10.0 Å². The molecule has 2 fully saturated rings. The minimum Gasteiger partial charge on any atom is -0.377 e. The Hall–Kier alpha value is -0.170. The highest BCUT2D eigenvalue weighted by atomic mass is 32.2. The van der Waals surface area contributed by atoms with Crippen molar-refractivity contribution in [3.63, 3.8) is 0 Å². The van der Waals surface area contributed by atoms with Crippen molar-refractivity contribution in [1.82, 2.24) is 9.62 Å². The van der Waals surface area contributed by atoms with Gasteiger partial charge in [0.25, 0.3) is 0 Å². The fourth-order valence-electron chi connectivity index (χ4n) is 2.92. The zero-order chi connectivity index (χ0) is 13.7. The minimum atomic E-state index is -3.20. The van der Waals surface area contributed by atoms with Crippen LogP contribution in [0.3, 0.4) is 0 Å². The van der Waals surface area contributed by atoms with Crippen molar-refractivity contribution in [2.45, 2.75) is 51.2 Å². The summed E-state index contributed by atoms with van der Waals surface area (Å²) < 4.78 is 32.5. The molecule has 0 aromatic rings. The number of rotatable bonds is 6. The topological polar surface area (TPSA) is 58.6 Å². The van der Waals surface area contributed by atoms with Crippen molar-refractivity contribution in [3.05, 3.63) is 0 Å². The summed E-state index contributed by atoms with van der Waals surface area (Å²) in [6.07, 6.45) is 4.70. The van der Waals surface area contributed by atoms with Crippen molar-refractivity contribution < 1.29 is 13.2 Å². The van der Waals surface area contributed by atoms with E-state index in [2.05, 4.69) is 5.32 Å². The van der Waals surface area contributed by atoms with Gasteiger partial charge in [-0.05, 0) is 38.6 Å². The van der Waals surface area contributed by atoms with E-state index in [1.54, 1.807) is 4.31 Å². The standard InChI is InChI=1S/C13H26N2O3S/c1-2-8-15(12-6-7-14-10-12)19(16,17)11-13-5-3-4-9-18-13/h12-14H,2-11H2,1H3. The van der Waals surface area contributed by atoms with Crippen molar-refractivity contribution in [1.29, 1.82) is 0 Å². The van der Waals surface area contributed by atoms with E-state index in [0.717, 1.165) is 45.2 Å². The van der Waals surface area contributed by atoms with Gasteiger partial charge in [0.15, 0.2) is 0 Å². The van der Waals surface area contributed by atoms with Crippen LogP contribution in [0.4, 0.5) is 0 Å². The Bertz CT molecular complexity index is 360. The molecule has 0 radical (unpaired) electrons. The fourth-order valence-corrected chi connectivity index (χ4v) is 4.94. The Balaban J connectivity index is 2.00. The highest BCUT2D eigenvalue weighted by Gasteiger charge is 2.33. The number of nitrogens with zero attached hydrogens (tertiary/aromatic N) is 1. The molecule has 0 aliphatic carbocycles. The quantitative estimate of drug-likeness (QED) is 0.791. The van der Waals surface area contributed by atoms with Gasteiger partial charge in [0.05, 0.1) is 11.9 Å². The average molecular weight is 290 g/mol. The third-order valence-corrected chi connectivity index (χ3v) is 5.90. The third-order valence-electron chi connectivity index (χ3n) is 3.91. The van der Waals surface area contributed by atoms with Crippen LogP contribution in [0.15, 0.2) is 0 Å². The number of nitrogens with one attached hydrogen (secondary N) is 1. The van der Waals surface area contributed by atoms with Crippen LogP contribution in [0.25, 0.3) is 0 Å². The molecule has 2 atom stereocenters. The first-order valence-corrected chi connectivity index (χ1v) is 9.06. The average Bonchev–Trinajstić information content (AvgIpc) is 2.90. The van der Waals surface area contributed by atoms with Gasteiger partial charge in [0, 0.05) is 25.7 Å². The smallest absolute Gasteiger partial charge is 0.216 e. The molecule has 0 saturated carbocycles. The Morgan fingerprint density at radius 2 is 2.16 bits per heavy atom. The minimum absolute atomic E-state index is 0.104. The van der Waals surface area contributed by atoms with Gasteiger partial charge in [0.1, 0.15) is 0 Å². The molecular weight excluding hydrogens is 264 g/mol. The molecule has 0 aromatic heterocycles. The van der Waals surface area contributed by atoms with Gasteiger partial charge >= 0.3 is 0 Å². The molecule has 112 valence electrons. The summed E-state index contributed by atoms with van der Waals surface area (Å²) in [5, 5.41) is 3.25. The third kappa shape index (κ3) is 4.15. The maximum Gasteiger partial charge on any atom is 0.216 e. The first-order chi connectivity index (χ1) is 9.13. The summed E-state index contributed by atoms with van der Waals surface area (Å²) in [4.78, 5) is 0. The molecule has 2 aliphatic rings. The zero-order valence-corrected chi connectivity index (χ0v) is 12.6. The predicted molar refractivity (Wildman–Crippen MR) is 75.6 cm³/mol. The fraction of sp³-hybridized carbons (Fsp3) is 1.00. The second-order valence-electron chi connectivity index (χ2n) is 5.52. The second kappa shape index (κ2) is 7.02. The Labute approximate surface area is 116 Å². The Morgan fingerprint density at radius 3 is 2.74 bits per heavy atom. The van der Waals surface area contributed by atoms with Gasteiger partial charge in [-0.3, -0.25) is 0 Å². The van der Waals surface area contributed by atoms with Crippen LogP contribution in [0, 0.1) is 0 Å². The molecule has 2 saturated heterocycles. The SMILES string of the molecule is CCCN(C1CCNC1)S(=O)(=O)CC1CCCCO1. The van der Waals surface area contributed by atoms with Crippen LogP contribution in [0.5, 0.6) is 0 Å². The van der Waals surface area contributed by atoms with E-state index in [1.165, 1.54) is 0 Å². The van der Waals surface area contributed by atoms with Crippen LogP contribution >= 0.6 is 0 Å². The van der Waals surface area contributed by atoms with Crippen molar-refractivity contribution in [3.8, 4) is 0 Å². The molecule has 5 nitrogen and oxygen atoms in total. The predicted octanol–water partition coefficient (Wildman–Crippen LogP) is 0.959. The first-order valence-electron chi connectivity index (χ1n) is 7.45. The molecule has 1 N–H and O–H groups in total. The van der Waals surface area contributed by atoms with E-state index in [4.69, 9.17) is 4.74 Å². The summed E-state index contributed by atoms with van der Waals surface area (Å²) in [7, 11) is -3.20. The van der Waals surface area contributed by atoms with E-state index < -0.39 is 10.0 Å². The van der Waals surface area contributed by atoms with E-state index in [-0.39, 0.29) is 17.9 Å². The van der Waals surface area contributed by atoms with E-state index >= 15 is 0 Å². The molecule has 2 heterocycles.